The van der Waals surface area contributed by atoms with Crippen molar-refractivity contribution in [3.63, 3.8) is 0 Å². The van der Waals surface area contributed by atoms with Crippen molar-refractivity contribution in [1.82, 2.24) is 0 Å². The molecule has 0 N–H and O–H groups in total. The summed E-state index contributed by atoms with van der Waals surface area (Å²) in [7, 11) is 0. The second-order valence-electron chi connectivity index (χ2n) is 3.37. The van der Waals surface area contributed by atoms with Crippen molar-refractivity contribution in [1.29, 1.82) is 0 Å². The Balaban J connectivity index is 2.37. The zero-order valence-corrected chi connectivity index (χ0v) is 10.7. The van der Waals surface area contributed by atoms with Gasteiger partial charge < -0.3 is 4.74 Å². The molecule has 1 rings (SSSR count). The standard InChI is InChI=1S/C9H16Br2O/c1-2-3-5-8-9(10,11)6-4-7-12-8/h8H,2-7H2,1H3. The van der Waals surface area contributed by atoms with Gasteiger partial charge in [0.25, 0.3) is 0 Å². The quantitative estimate of drug-likeness (QED) is 0.720. The van der Waals surface area contributed by atoms with Gasteiger partial charge >= 0.3 is 0 Å². The van der Waals surface area contributed by atoms with Gasteiger partial charge in [-0.25, -0.2) is 0 Å². The van der Waals surface area contributed by atoms with Gasteiger partial charge in [0.15, 0.2) is 0 Å². The maximum Gasteiger partial charge on any atom is 0.107 e. The molecule has 0 amide bonds. The van der Waals surface area contributed by atoms with Crippen LogP contribution in [0.3, 0.4) is 0 Å². The first-order valence-electron chi connectivity index (χ1n) is 4.66. The summed E-state index contributed by atoms with van der Waals surface area (Å²) < 4.78 is 5.75. The first kappa shape index (κ1) is 11.0. The minimum absolute atomic E-state index is 0.0490. The second-order valence-corrected chi connectivity index (χ2v) is 7.26. The third-order valence-corrected chi connectivity index (χ3v) is 4.08. The molecular weight excluding hydrogens is 284 g/mol. The molecule has 72 valence electrons. The summed E-state index contributed by atoms with van der Waals surface area (Å²) in [6, 6.07) is 0. The molecule has 0 radical (unpaired) electrons. The Kier molecular flexibility index (Phi) is 4.55. The Hall–Kier alpha value is 0.920. The van der Waals surface area contributed by atoms with Gasteiger partial charge in [0.05, 0.1) is 6.10 Å². The summed E-state index contributed by atoms with van der Waals surface area (Å²) in [6.07, 6.45) is 6.33. The van der Waals surface area contributed by atoms with Crippen molar-refractivity contribution in [2.45, 2.75) is 48.4 Å². The Morgan fingerprint density at radius 1 is 1.50 bits per heavy atom. The molecule has 0 saturated carbocycles. The Labute approximate surface area is 91.5 Å². The van der Waals surface area contributed by atoms with Crippen LogP contribution in [0, 0.1) is 0 Å². The smallest absolute Gasteiger partial charge is 0.107 e. The van der Waals surface area contributed by atoms with Crippen LogP contribution in [0.4, 0.5) is 0 Å². The maximum atomic E-state index is 5.70. The van der Waals surface area contributed by atoms with E-state index in [2.05, 4.69) is 38.8 Å². The topological polar surface area (TPSA) is 9.23 Å². The van der Waals surface area contributed by atoms with E-state index in [1.807, 2.05) is 0 Å². The van der Waals surface area contributed by atoms with E-state index < -0.39 is 0 Å². The first-order chi connectivity index (χ1) is 5.67. The van der Waals surface area contributed by atoms with Crippen LogP contribution in [0.15, 0.2) is 0 Å². The van der Waals surface area contributed by atoms with E-state index in [9.17, 15) is 0 Å². The number of unbranched alkanes of at least 4 members (excludes halogenated alkanes) is 1. The van der Waals surface area contributed by atoms with Crippen LogP contribution in [0.5, 0.6) is 0 Å². The molecule has 1 unspecified atom stereocenters. The Morgan fingerprint density at radius 2 is 2.25 bits per heavy atom. The fourth-order valence-electron chi connectivity index (χ4n) is 1.50. The molecule has 0 bridgehead atoms. The van der Waals surface area contributed by atoms with E-state index >= 15 is 0 Å². The zero-order valence-electron chi connectivity index (χ0n) is 7.48. The average molecular weight is 300 g/mol. The van der Waals surface area contributed by atoms with Crippen LogP contribution >= 0.6 is 31.9 Å². The molecule has 1 heterocycles. The van der Waals surface area contributed by atoms with E-state index in [-0.39, 0.29) is 3.23 Å². The number of ether oxygens (including phenoxy) is 1. The predicted molar refractivity (Wildman–Crippen MR) is 59.1 cm³/mol. The lowest BCUT2D eigenvalue weighted by Gasteiger charge is -2.35. The van der Waals surface area contributed by atoms with Crippen molar-refractivity contribution in [3.8, 4) is 0 Å². The van der Waals surface area contributed by atoms with Crippen molar-refractivity contribution >= 4 is 31.9 Å². The van der Waals surface area contributed by atoms with Gasteiger partial charge in [-0.05, 0) is 19.3 Å². The predicted octanol–water partition coefficient (Wildman–Crippen LogP) is 3.84. The van der Waals surface area contributed by atoms with E-state index in [1.54, 1.807) is 0 Å². The first-order valence-corrected chi connectivity index (χ1v) is 6.25. The Morgan fingerprint density at radius 3 is 2.83 bits per heavy atom. The lowest BCUT2D eigenvalue weighted by molar-refractivity contribution is 0.0103. The molecule has 0 aliphatic carbocycles. The average Bonchev–Trinajstić information content (AvgIpc) is 2.02. The third-order valence-electron chi connectivity index (χ3n) is 2.26. The molecule has 1 saturated heterocycles. The van der Waals surface area contributed by atoms with Crippen molar-refractivity contribution in [2.75, 3.05) is 6.61 Å². The highest BCUT2D eigenvalue weighted by Crippen LogP contribution is 2.41. The molecule has 1 fully saturated rings. The molecule has 0 aromatic heterocycles. The van der Waals surface area contributed by atoms with E-state index in [0.29, 0.717) is 6.10 Å². The van der Waals surface area contributed by atoms with Gasteiger partial charge in [-0.15, -0.1) is 0 Å². The molecule has 1 aliphatic rings. The monoisotopic (exact) mass is 298 g/mol. The highest BCUT2D eigenvalue weighted by Gasteiger charge is 2.36. The van der Waals surface area contributed by atoms with Crippen LogP contribution in [-0.2, 0) is 4.74 Å². The lowest BCUT2D eigenvalue weighted by Crippen LogP contribution is -2.37. The van der Waals surface area contributed by atoms with Crippen molar-refractivity contribution < 1.29 is 4.74 Å². The fraction of sp³-hybridized carbons (Fsp3) is 1.00. The number of hydrogen-bond acceptors (Lipinski definition) is 1. The summed E-state index contributed by atoms with van der Waals surface area (Å²) in [5.41, 5.74) is 0. The Bertz CT molecular complexity index is 136. The molecule has 1 aliphatic heterocycles. The zero-order chi connectivity index (χ0) is 9.03. The number of halogens is 2. The van der Waals surface area contributed by atoms with Crippen LogP contribution in [0.2, 0.25) is 0 Å². The number of rotatable bonds is 3. The number of hydrogen-bond donors (Lipinski definition) is 0. The molecule has 12 heavy (non-hydrogen) atoms. The normalized spacial score (nSPS) is 28.8. The highest BCUT2D eigenvalue weighted by molar-refractivity contribution is 9.25. The second kappa shape index (κ2) is 4.97. The van der Waals surface area contributed by atoms with Crippen LogP contribution in [-0.4, -0.2) is 15.9 Å². The summed E-state index contributed by atoms with van der Waals surface area (Å²) in [5, 5.41) is 0. The lowest BCUT2D eigenvalue weighted by atomic mass is 10.0. The van der Waals surface area contributed by atoms with Gasteiger partial charge in [0.2, 0.25) is 0 Å². The molecule has 0 spiro atoms. The van der Waals surface area contributed by atoms with E-state index in [0.717, 1.165) is 19.4 Å². The highest BCUT2D eigenvalue weighted by atomic mass is 79.9. The van der Waals surface area contributed by atoms with Crippen molar-refractivity contribution in [3.05, 3.63) is 0 Å². The largest absolute Gasteiger partial charge is 0.376 e. The van der Waals surface area contributed by atoms with E-state index in [1.165, 1.54) is 19.3 Å². The van der Waals surface area contributed by atoms with Gasteiger partial charge in [0.1, 0.15) is 3.23 Å². The summed E-state index contributed by atoms with van der Waals surface area (Å²) in [5.74, 6) is 0. The van der Waals surface area contributed by atoms with E-state index in [4.69, 9.17) is 4.74 Å². The maximum absolute atomic E-state index is 5.70. The van der Waals surface area contributed by atoms with Gasteiger partial charge in [-0.1, -0.05) is 51.6 Å². The van der Waals surface area contributed by atoms with Crippen LogP contribution in [0.25, 0.3) is 0 Å². The van der Waals surface area contributed by atoms with Crippen LogP contribution in [0.1, 0.15) is 39.0 Å². The molecule has 1 atom stereocenters. The molecule has 1 nitrogen and oxygen atoms in total. The molecule has 0 aromatic rings. The SMILES string of the molecule is CCCCC1OCCCC1(Br)Br. The molecule has 0 aromatic carbocycles. The van der Waals surface area contributed by atoms with Crippen molar-refractivity contribution in [2.24, 2.45) is 0 Å². The van der Waals surface area contributed by atoms with Gasteiger partial charge in [-0.2, -0.15) is 0 Å². The van der Waals surface area contributed by atoms with Gasteiger partial charge in [-0.3, -0.25) is 0 Å². The fourth-order valence-corrected chi connectivity index (χ4v) is 2.78. The summed E-state index contributed by atoms with van der Waals surface area (Å²) in [4.78, 5) is 0. The van der Waals surface area contributed by atoms with Gasteiger partial charge in [0, 0.05) is 6.61 Å². The minimum Gasteiger partial charge on any atom is -0.376 e. The summed E-state index contributed by atoms with van der Waals surface area (Å²) >= 11 is 7.36. The summed E-state index contributed by atoms with van der Waals surface area (Å²) in [6.45, 7) is 3.14. The minimum atomic E-state index is 0.0490. The molecular formula is C9H16Br2O. The molecule has 3 heteroatoms. The number of alkyl halides is 2. The van der Waals surface area contributed by atoms with Crippen LogP contribution < -0.4 is 0 Å². The third kappa shape index (κ3) is 3.00.